The molecule has 20 heavy (non-hydrogen) atoms. The van der Waals surface area contributed by atoms with Crippen LogP contribution in [0.25, 0.3) is 0 Å². The highest BCUT2D eigenvalue weighted by atomic mass is 35.5. The van der Waals surface area contributed by atoms with Crippen LogP contribution >= 0.6 is 11.6 Å². The van der Waals surface area contributed by atoms with Gasteiger partial charge in [-0.05, 0) is 50.7 Å². The molecule has 0 fully saturated rings. The molecule has 114 valence electrons. The summed E-state index contributed by atoms with van der Waals surface area (Å²) in [6.45, 7) is 11.8. The predicted octanol–water partition coefficient (Wildman–Crippen LogP) is 5.22. The van der Waals surface area contributed by atoms with Gasteiger partial charge in [-0.15, -0.1) is 0 Å². The average molecular weight is 300 g/mol. The quantitative estimate of drug-likeness (QED) is 0.759. The molecule has 0 aliphatic rings. The van der Waals surface area contributed by atoms with Gasteiger partial charge in [0.05, 0.1) is 5.02 Å². The Morgan fingerprint density at radius 3 is 2.40 bits per heavy atom. The molecule has 1 aromatic rings. The second kappa shape index (κ2) is 6.91. The molecule has 0 saturated carbocycles. The van der Waals surface area contributed by atoms with Crippen LogP contribution < -0.4 is 5.32 Å². The zero-order valence-electron chi connectivity index (χ0n) is 13.3. The molecule has 0 saturated heterocycles. The van der Waals surface area contributed by atoms with Gasteiger partial charge in [0.2, 0.25) is 0 Å². The van der Waals surface area contributed by atoms with Crippen LogP contribution in [0, 0.1) is 11.2 Å². The first-order chi connectivity index (χ1) is 9.17. The Morgan fingerprint density at radius 1 is 1.20 bits per heavy atom. The smallest absolute Gasteiger partial charge is 0.142 e. The molecule has 1 rings (SSSR count). The summed E-state index contributed by atoms with van der Waals surface area (Å²) >= 11 is 6.09. The molecular formula is C17H27ClFN. The molecule has 0 spiro atoms. The lowest BCUT2D eigenvalue weighted by Gasteiger charge is -2.34. The molecular weight excluding hydrogens is 273 g/mol. The van der Waals surface area contributed by atoms with Gasteiger partial charge < -0.3 is 5.32 Å². The third-order valence-electron chi connectivity index (χ3n) is 3.55. The lowest BCUT2D eigenvalue weighted by atomic mass is 9.79. The van der Waals surface area contributed by atoms with Crippen molar-refractivity contribution in [1.82, 2.24) is 5.32 Å². The zero-order valence-corrected chi connectivity index (χ0v) is 14.1. The van der Waals surface area contributed by atoms with Crippen molar-refractivity contribution >= 4 is 11.6 Å². The van der Waals surface area contributed by atoms with Gasteiger partial charge in [-0.3, -0.25) is 0 Å². The van der Waals surface area contributed by atoms with Gasteiger partial charge in [0.25, 0.3) is 0 Å². The Kier molecular flexibility index (Phi) is 6.03. The molecule has 1 nitrogen and oxygen atoms in total. The van der Waals surface area contributed by atoms with Gasteiger partial charge in [0, 0.05) is 12.1 Å². The number of halogens is 2. The van der Waals surface area contributed by atoms with Crippen molar-refractivity contribution in [1.29, 1.82) is 0 Å². The first kappa shape index (κ1) is 17.5. The van der Waals surface area contributed by atoms with Crippen molar-refractivity contribution < 1.29 is 4.39 Å². The van der Waals surface area contributed by atoms with Gasteiger partial charge in [-0.25, -0.2) is 4.39 Å². The standard InChI is InChI=1S/C17H27ClFN/c1-6-10-17(5,12-20-16(2,3)4)11-13-8-7-9-14(19)15(13)18/h7-9,20H,6,10-12H2,1-5H3. The zero-order chi connectivity index (χ0) is 15.4. The number of rotatable bonds is 6. The Hall–Kier alpha value is -0.600. The first-order valence-corrected chi connectivity index (χ1v) is 7.72. The topological polar surface area (TPSA) is 12.0 Å². The van der Waals surface area contributed by atoms with Crippen molar-refractivity contribution in [3.8, 4) is 0 Å². The van der Waals surface area contributed by atoms with E-state index in [1.807, 2.05) is 6.07 Å². The number of hydrogen-bond acceptors (Lipinski definition) is 1. The van der Waals surface area contributed by atoms with Crippen molar-refractivity contribution in [3.63, 3.8) is 0 Å². The lowest BCUT2D eigenvalue weighted by Crippen LogP contribution is -2.43. The fraction of sp³-hybridized carbons (Fsp3) is 0.647. The summed E-state index contributed by atoms with van der Waals surface area (Å²) in [5.74, 6) is -0.327. The minimum atomic E-state index is -0.327. The maximum Gasteiger partial charge on any atom is 0.142 e. The van der Waals surface area contributed by atoms with E-state index in [2.05, 4.69) is 39.9 Å². The summed E-state index contributed by atoms with van der Waals surface area (Å²) < 4.78 is 13.6. The monoisotopic (exact) mass is 299 g/mol. The molecule has 3 heteroatoms. The predicted molar refractivity (Wildman–Crippen MR) is 85.9 cm³/mol. The van der Waals surface area contributed by atoms with Gasteiger partial charge >= 0.3 is 0 Å². The largest absolute Gasteiger partial charge is 0.312 e. The summed E-state index contributed by atoms with van der Waals surface area (Å²) in [6, 6.07) is 5.08. The second-order valence-corrected chi connectivity index (χ2v) is 7.43. The molecule has 0 bridgehead atoms. The molecule has 0 aliphatic carbocycles. The Balaban J connectivity index is 2.87. The molecule has 0 aromatic heterocycles. The molecule has 1 aromatic carbocycles. The fourth-order valence-electron chi connectivity index (χ4n) is 2.47. The number of hydrogen-bond donors (Lipinski definition) is 1. The normalized spacial score (nSPS) is 15.2. The van der Waals surface area contributed by atoms with Crippen LogP contribution in [0.15, 0.2) is 18.2 Å². The number of benzene rings is 1. The maximum atomic E-state index is 13.6. The lowest BCUT2D eigenvalue weighted by molar-refractivity contribution is 0.243. The van der Waals surface area contributed by atoms with E-state index in [1.165, 1.54) is 6.07 Å². The van der Waals surface area contributed by atoms with Gasteiger partial charge in [-0.2, -0.15) is 0 Å². The van der Waals surface area contributed by atoms with Crippen molar-refractivity contribution in [2.75, 3.05) is 6.54 Å². The molecule has 0 heterocycles. The minimum Gasteiger partial charge on any atom is -0.312 e. The molecule has 1 atom stereocenters. The highest BCUT2D eigenvalue weighted by molar-refractivity contribution is 6.31. The Labute approximate surface area is 127 Å². The highest BCUT2D eigenvalue weighted by Crippen LogP contribution is 2.32. The van der Waals surface area contributed by atoms with Gasteiger partial charge in [0.15, 0.2) is 0 Å². The summed E-state index contributed by atoms with van der Waals surface area (Å²) in [6.07, 6.45) is 2.98. The average Bonchev–Trinajstić information content (AvgIpc) is 2.32. The van der Waals surface area contributed by atoms with E-state index in [0.29, 0.717) is 0 Å². The molecule has 1 N–H and O–H groups in total. The van der Waals surface area contributed by atoms with Crippen LogP contribution in [-0.2, 0) is 6.42 Å². The second-order valence-electron chi connectivity index (χ2n) is 7.05. The van der Waals surface area contributed by atoms with E-state index in [4.69, 9.17) is 11.6 Å². The minimum absolute atomic E-state index is 0.0828. The van der Waals surface area contributed by atoms with Gasteiger partial charge in [0.1, 0.15) is 5.82 Å². The van der Waals surface area contributed by atoms with Crippen molar-refractivity contribution in [2.45, 2.75) is 59.4 Å². The van der Waals surface area contributed by atoms with Crippen LogP contribution in [0.5, 0.6) is 0 Å². The van der Waals surface area contributed by atoms with E-state index < -0.39 is 0 Å². The molecule has 0 radical (unpaired) electrons. The molecule has 1 unspecified atom stereocenters. The Bertz CT molecular complexity index is 439. The van der Waals surface area contributed by atoms with E-state index >= 15 is 0 Å². The van der Waals surface area contributed by atoms with Crippen LogP contribution in [-0.4, -0.2) is 12.1 Å². The third kappa shape index (κ3) is 5.41. The van der Waals surface area contributed by atoms with E-state index in [-0.39, 0.29) is 21.8 Å². The first-order valence-electron chi connectivity index (χ1n) is 7.35. The molecule has 0 amide bonds. The highest BCUT2D eigenvalue weighted by Gasteiger charge is 2.27. The number of nitrogens with one attached hydrogen (secondary N) is 1. The summed E-state index contributed by atoms with van der Waals surface area (Å²) in [5.41, 5.74) is 1.07. The van der Waals surface area contributed by atoms with Crippen LogP contribution in [0.1, 0.15) is 53.0 Å². The fourth-order valence-corrected chi connectivity index (χ4v) is 2.66. The Morgan fingerprint density at radius 2 is 1.85 bits per heavy atom. The molecule has 0 aliphatic heterocycles. The van der Waals surface area contributed by atoms with E-state index in [0.717, 1.165) is 31.4 Å². The van der Waals surface area contributed by atoms with Crippen molar-refractivity contribution in [2.24, 2.45) is 5.41 Å². The van der Waals surface area contributed by atoms with Crippen molar-refractivity contribution in [3.05, 3.63) is 34.6 Å². The summed E-state index contributed by atoms with van der Waals surface area (Å²) in [7, 11) is 0. The van der Waals surface area contributed by atoms with Crippen LogP contribution in [0.3, 0.4) is 0 Å². The third-order valence-corrected chi connectivity index (χ3v) is 3.97. The SMILES string of the molecule is CCCC(C)(CNC(C)(C)C)Cc1cccc(F)c1Cl. The van der Waals surface area contributed by atoms with Gasteiger partial charge in [-0.1, -0.05) is 44.0 Å². The van der Waals surface area contributed by atoms with Crippen LogP contribution in [0.4, 0.5) is 4.39 Å². The summed E-state index contributed by atoms with van der Waals surface area (Å²) in [4.78, 5) is 0. The maximum absolute atomic E-state index is 13.6. The van der Waals surface area contributed by atoms with E-state index in [9.17, 15) is 4.39 Å². The summed E-state index contributed by atoms with van der Waals surface area (Å²) in [5, 5.41) is 3.83. The van der Waals surface area contributed by atoms with E-state index in [1.54, 1.807) is 6.07 Å². The van der Waals surface area contributed by atoms with Crippen LogP contribution in [0.2, 0.25) is 5.02 Å².